The minimum absolute atomic E-state index is 0.384. The number of hydrogen-bond donors (Lipinski definition) is 2. The van der Waals surface area contributed by atoms with E-state index in [0.29, 0.717) is 22.2 Å². The van der Waals surface area contributed by atoms with Gasteiger partial charge in [0.05, 0.1) is 26.0 Å². The number of nitrogens with one attached hydrogen (secondary N) is 1. The summed E-state index contributed by atoms with van der Waals surface area (Å²) in [5.74, 6) is 1.70. The molecule has 0 radical (unpaired) electrons. The standard InChI is InChI=1S/C22H31N3O3S/c1-4-5-6-7-9-24-14-17(26)15-29-21(13-23)22-18-12-20(28-3)19(27-2)11-16(18)8-10-25-22/h11-12,14,17,25-26H,4-10,15H2,1-3H3. The minimum atomic E-state index is -0.677. The predicted octanol–water partition coefficient (Wildman–Crippen LogP) is 3.79. The lowest BCUT2D eigenvalue weighted by Crippen LogP contribution is -2.24. The number of allylic oxidation sites excluding steroid dienone is 1. The number of aliphatic hydroxyl groups is 1. The number of unbranched alkanes of at least 4 members (excludes halogenated alkanes) is 3. The highest BCUT2D eigenvalue weighted by Crippen LogP contribution is 2.37. The first-order valence-electron chi connectivity index (χ1n) is 10.1. The van der Waals surface area contributed by atoms with Crippen molar-refractivity contribution in [2.24, 2.45) is 4.99 Å². The molecule has 0 spiro atoms. The van der Waals surface area contributed by atoms with Gasteiger partial charge in [-0.25, -0.2) is 0 Å². The molecule has 1 unspecified atom stereocenters. The number of hydrogen-bond acceptors (Lipinski definition) is 7. The van der Waals surface area contributed by atoms with Gasteiger partial charge in [-0.15, -0.1) is 11.8 Å². The normalized spacial score (nSPS) is 16.0. The van der Waals surface area contributed by atoms with E-state index < -0.39 is 6.10 Å². The van der Waals surface area contributed by atoms with Gasteiger partial charge in [-0.1, -0.05) is 26.2 Å². The smallest absolute Gasteiger partial charge is 0.161 e. The fourth-order valence-corrected chi connectivity index (χ4v) is 3.99. The van der Waals surface area contributed by atoms with Gasteiger partial charge in [0.15, 0.2) is 11.5 Å². The van der Waals surface area contributed by atoms with Crippen LogP contribution >= 0.6 is 11.8 Å². The van der Waals surface area contributed by atoms with E-state index in [1.54, 1.807) is 20.4 Å². The molecule has 1 aliphatic rings. The third-order valence-electron chi connectivity index (χ3n) is 4.72. The predicted molar refractivity (Wildman–Crippen MR) is 120 cm³/mol. The van der Waals surface area contributed by atoms with E-state index in [0.717, 1.165) is 42.8 Å². The molecule has 1 heterocycles. The van der Waals surface area contributed by atoms with Crippen LogP contribution in [0.5, 0.6) is 11.5 Å². The second-order valence-corrected chi connectivity index (χ2v) is 7.88. The number of methoxy groups -OCH3 is 2. The van der Waals surface area contributed by atoms with Gasteiger partial charge in [0, 0.05) is 30.6 Å². The fraction of sp³-hybridized carbons (Fsp3) is 0.545. The van der Waals surface area contributed by atoms with Gasteiger partial charge in [0.2, 0.25) is 0 Å². The first-order valence-corrected chi connectivity index (χ1v) is 11.1. The summed E-state index contributed by atoms with van der Waals surface area (Å²) in [6, 6.07) is 6.15. The number of benzene rings is 1. The highest BCUT2D eigenvalue weighted by Gasteiger charge is 2.21. The molecule has 2 N–H and O–H groups in total. The van der Waals surface area contributed by atoms with E-state index in [1.165, 1.54) is 31.0 Å². The minimum Gasteiger partial charge on any atom is -0.493 e. The Morgan fingerprint density at radius 2 is 2.07 bits per heavy atom. The number of aliphatic imine (C=N–C) groups is 1. The van der Waals surface area contributed by atoms with Gasteiger partial charge in [-0.2, -0.15) is 5.26 Å². The SMILES string of the molecule is CCCCCCN=CC(O)CSC(C#N)=C1NCCc2cc(OC)c(OC)cc21. The Kier molecular flexibility index (Phi) is 9.89. The van der Waals surface area contributed by atoms with E-state index in [-0.39, 0.29) is 0 Å². The van der Waals surface area contributed by atoms with Crippen LogP contribution in [0.3, 0.4) is 0 Å². The summed E-state index contributed by atoms with van der Waals surface area (Å²) < 4.78 is 10.8. The Morgan fingerprint density at radius 3 is 2.76 bits per heavy atom. The molecule has 0 fully saturated rings. The third-order valence-corrected chi connectivity index (χ3v) is 5.81. The molecule has 29 heavy (non-hydrogen) atoms. The Balaban J connectivity index is 2.07. The van der Waals surface area contributed by atoms with Gasteiger partial charge in [-0.3, -0.25) is 4.99 Å². The van der Waals surface area contributed by atoms with Crippen LogP contribution in [0.1, 0.15) is 43.7 Å². The molecule has 6 nitrogen and oxygen atoms in total. The molecular weight excluding hydrogens is 386 g/mol. The quantitative estimate of drug-likeness (QED) is 0.324. The first kappa shape index (κ1) is 23.1. The zero-order chi connectivity index (χ0) is 21.1. The summed E-state index contributed by atoms with van der Waals surface area (Å²) >= 11 is 1.34. The van der Waals surface area contributed by atoms with Gasteiger partial charge < -0.3 is 19.9 Å². The van der Waals surface area contributed by atoms with Crippen molar-refractivity contribution in [3.05, 3.63) is 28.2 Å². The summed E-state index contributed by atoms with van der Waals surface area (Å²) in [4.78, 5) is 4.85. The lowest BCUT2D eigenvalue weighted by molar-refractivity contribution is 0.271. The maximum Gasteiger partial charge on any atom is 0.161 e. The maximum atomic E-state index is 10.2. The van der Waals surface area contributed by atoms with E-state index in [4.69, 9.17) is 9.47 Å². The molecule has 1 aromatic rings. The van der Waals surface area contributed by atoms with Crippen LogP contribution in [0.25, 0.3) is 5.70 Å². The molecule has 0 bridgehead atoms. The van der Waals surface area contributed by atoms with E-state index >= 15 is 0 Å². The molecule has 1 atom stereocenters. The van der Waals surface area contributed by atoms with Crippen molar-refractivity contribution in [3.8, 4) is 17.6 Å². The lowest BCUT2D eigenvalue weighted by atomic mass is 9.97. The molecule has 0 saturated carbocycles. The van der Waals surface area contributed by atoms with E-state index in [9.17, 15) is 10.4 Å². The molecule has 1 aliphatic heterocycles. The summed E-state index contributed by atoms with van der Waals surface area (Å²) in [6.45, 7) is 3.66. The number of fused-ring (bicyclic) bond motifs is 1. The first-order chi connectivity index (χ1) is 14.1. The molecule has 2 rings (SSSR count). The topological polar surface area (TPSA) is 86.9 Å². The fourth-order valence-electron chi connectivity index (χ4n) is 3.18. The van der Waals surface area contributed by atoms with Crippen molar-refractivity contribution in [2.75, 3.05) is 33.1 Å². The van der Waals surface area contributed by atoms with Crippen LogP contribution in [0.2, 0.25) is 0 Å². The molecular formula is C22H31N3O3S. The molecule has 0 amide bonds. The Labute approximate surface area is 178 Å². The molecule has 0 saturated heterocycles. The van der Waals surface area contributed by atoms with Crippen LogP contribution in [-0.2, 0) is 6.42 Å². The van der Waals surface area contributed by atoms with Crippen LogP contribution < -0.4 is 14.8 Å². The highest BCUT2D eigenvalue weighted by atomic mass is 32.2. The van der Waals surface area contributed by atoms with Gasteiger partial charge in [-0.05, 0) is 30.5 Å². The average molecular weight is 418 g/mol. The summed E-state index contributed by atoms with van der Waals surface area (Å²) in [7, 11) is 3.22. The van der Waals surface area contributed by atoms with Gasteiger partial charge in [0.1, 0.15) is 11.0 Å². The second kappa shape index (κ2) is 12.4. The highest BCUT2D eigenvalue weighted by molar-refractivity contribution is 8.03. The van der Waals surface area contributed by atoms with Crippen LogP contribution in [0, 0.1) is 11.3 Å². The molecule has 158 valence electrons. The van der Waals surface area contributed by atoms with E-state index in [2.05, 4.69) is 23.3 Å². The van der Waals surface area contributed by atoms with Crippen molar-refractivity contribution < 1.29 is 14.6 Å². The summed E-state index contributed by atoms with van der Waals surface area (Å²) in [6.07, 6.45) is 6.39. The van der Waals surface area contributed by atoms with Gasteiger partial charge in [0.25, 0.3) is 0 Å². The van der Waals surface area contributed by atoms with Crippen LogP contribution in [-0.4, -0.2) is 50.5 Å². The zero-order valence-corrected chi connectivity index (χ0v) is 18.3. The van der Waals surface area contributed by atoms with Crippen molar-refractivity contribution >= 4 is 23.7 Å². The molecule has 7 heteroatoms. The molecule has 0 aliphatic carbocycles. The number of nitriles is 1. The summed E-state index contributed by atoms with van der Waals surface area (Å²) in [5.41, 5.74) is 2.83. The molecule has 1 aromatic carbocycles. The van der Waals surface area contributed by atoms with E-state index in [1.807, 2.05) is 12.1 Å². The third kappa shape index (κ3) is 6.69. The summed E-state index contributed by atoms with van der Waals surface area (Å²) in [5, 5.41) is 23.2. The maximum absolute atomic E-state index is 10.2. The Hall–Kier alpha value is -2.17. The monoisotopic (exact) mass is 417 g/mol. The van der Waals surface area contributed by atoms with Crippen molar-refractivity contribution in [2.45, 2.75) is 45.1 Å². The lowest BCUT2D eigenvalue weighted by Gasteiger charge is -2.24. The number of nitrogens with zero attached hydrogens (tertiary/aromatic N) is 2. The second-order valence-electron chi connectivity index (χ2n) is 6.85. The average Bonchev–Trinajstić information content (AvgIpc) is 2.75. The van der Waals surface area contributed by atoms with Crippen LogP contribution in [0.15, 0.2) is 22.0 Å². The van der Waals surface area contributed by atoms with Crippen molar-refractivity contribution in [1.29, 1.82) is 5.26 Å². The number of rotatable bonds is 11. The number of thioether (sulfide) groups is 1. The largest absolute Gasteiger partial charge is 0.493 e. The zero-order valence-electron chi connectivity index (χ0n) is 17.5. The Bertz CT molecular complexity index is 771. The molecule has 0 aromatic heterocycles. The number of aliphatic hydroxyl groups excluding tert-OH is 1. The van der Waals surface area contributed by atoms with Crippen molar-refractivity contribution in [3.63, 3.8) is 0 Å². The number of ether oxygens (including phenoxy) is 2. The Morgan fingerprint density at radius 1 is 1.31 bits per heavy atom. The van der Waals surface area contributed by atoms with Gasteiger partial charge >= 0.3 is 0 Å². The van der Waals surface area contributed by atoms with Crippen LogP contribution in [0.4, 0.5) is 0 Å². The van der Waals surface area contributed by atoms with Crippen molar-refractivity contribution in [1.82, 2.24) is 5.32 Å².